The molecule has 1 aromatic carbocycles. The summed E-state index contributed by atoms with van der Waals surface area (Å²) in [6.07, 6.45) is 0.0199. The van der Waals surface area contributed by atoms with Gasteiger partial charge in [0.15, 0.2) is 0 Å². The average molecular weight is 394 g/mol. The quantitative estimate of drug-likeness (QED) is 0.270. The van der Waals surface area contributed by atoms with E-state index in [0.29, 0.717) is 25.0 Å². The highest BCUT2D eigenvalue weighted by Crippen LogP contribution is 2.30. The van der Waals surface area contributed by atoms with E-state index in [0.717, 1.165) is 12.1 Å². The molecule has 150 valence electrons. The van der Waals surface area contributed by atoms with Crippen LogP contribution in [0.5, 0.6) is 0 Å². The number of aromatic nitrogens is 1. The molecule has 2 rings (SSSR count). The third-order valence-corrected chi connectivity index (χ3v) is 3.73. The highest BCUT2D eigenvalue weighted by molar-refractivity contribution is 6.12. The molecule has 28 heavy (non-hydrogen) atoms. The maximum absolute atomic E-state index is 13.0. The van der Waals surface area contributed by atoms with Crippen LogP contribution in [0.1, 0.15) is 42.9 Å². The first-order valence-corrected chi connectivity index (χ1v) is 8.85. The highest BCUT2D eigenvalue weighted by atomic mass is 19.4. The van der Waals surface area contributed by atoms with E-state index in [1.54, 1.807) is 25.3 Å². The van der Waals surface area contributed by atoms with Crippen molar-refractivity contribution in [1.29, 1.82) is 0 Å². The molecule has 0 aliphatic heterocycles. The first-order chi connectivity index (χ1) is 13.4. The molecule has 1 aromatic heterocycles. The molecule has 0 amide bonds. The molecule has 0 aliphatic rings. The van der Waals surface area contributed by atoms with Gasteiger partial charge in [-0.15, -0.1) is 0 Å². The van der Waals surface area contributed by atoms with Gasteiger partial charge in [0.25, 0.3) is 0 Å². The lowest BCUT2D eigenvalue weighted by molar-refractivity contribution is -0.143. The second-order valence-corrected chi connectivity index (χ2v) is 5.86. The van der Waals surface area contributed by atoms with Crippen molar-refractivity contribution in [2.24, 2.45) is 5.16 Å². The molecule has 0 radical (unpaired) electrons. The van der Waals surface area contributed by atoms with Crippen molar-refractivity contribution in [3.63, 3.8) is 0 Å². The number of alkyl halides is 3. The van der Waals surface area contributed by atoms with E-state index in [1.807, 2.05) is 0 Å². The van der Waals surface area contributed by atoms with Gasteiger partial charge in [0.05, 0.1) is 12.2 Å². The number of nitrogens with zero attached hydrogens (tertiary/aromatic N) is 2. The van der Waals surface area contributed by atoms with Gasteiger partial charge in [-0.2, -0.15) is 13.2 Å². The Morgan fingerprint density at radius 2 is 1.93 bits per heavy atom. The summed E-state index contributed by atoms with van der Waals surface area (Å²) < 4.78 is 43.9. The van der Waals surface area contributed by atoms with Gasteiger partial charge >= 0.3 is 12.1 Å². The fourth-order valence-corrected chi connectivity index (χ4v) is 2.40. The Kier molecular flexibility index (Phi) is 7.98. The Balaban J connectivity index is 2.09. The fourth-order valence-electron chi connectivity index (χ4n) is 2.40. The molecule has 0 unspecified atom stereocenters. The van der Waals surface area contributed by atoms with Crippen molar-refractivity contribution in [3.05, 3.63) is 65.5 Å². The molecule has 0 N–H and O–H groups in total. The first kappa shape index (κ1) is 21.4. The monoisotopic (exact) mass is 394 g/mol. The zero-order valence-corrected chi connectivity index (χ0v) is 15.4. The summed E-state index contributed by atoms with van der Waals surface area (Å²) in [4.78, 5) is 20.6. The predicted molar refractivity (Wildman–Crippen MR) is 97.8 cm³/mol. The van der Waals surface area contributed by atoms with Crippen molar-refractivity contribution in [3.8, 4) is 0 Å². The number of ether oxygens (including phenoxy) is 1. The SMILES string of the molecule is CCOC(=O)CCCCO/N=C(\c1cccnc1)c1cccc(C(F)(F)F)c1. The minimum Gasteiger partial charge on any atom is -0.466 e. The lowest BCUT2D eigenvalue weighted by Gasteiger charge is -2.11. The molecule has 0 saturated carbocycles. The zero-order chi connectivity index (χ0) is 20.4. The second-order valence-electron chi connectivity index (χ2n) is 5.86. The van der Waals surface area contributed by atoms with Crippen molar-refractivity contribution in [1.82, 2.24) is 4.98 Å². The smallest absolute Gasteiger partial charge is 0.416 e. The number of hydrogen-bond donors (Lipinski definition) is 0. The molecule has 8 heteroatoms. The van der Waals surface area contributed by atoms with E-state index in [9.17, 15) is 18.0 Å². The molecular weight excluding hydrogens is 373 g/mol. The van der Waals surface area contributed by atoms with E-state index >= 15 is 0 Å². The maximum Gasteiger partial charge on any atom is 0.416 e. The summed E-state index contributed by atoms with van der Waals surface area (Å²) >= 11 is 0. The van der Waals surface area contributed by atoms with Gasteiger partial charge in [0.2, 0.25) is 0 Å². The van der Waals surface area contributed by atoms with Crippen LogP contribution in [-0.4, -0.2) is 29.9 Å². The number of hydrogen-bond acceptors (Lipinski definition) is 5. The minimum atomic E-state index is -4.45. The predicted octanol–water partition coefficient (Wildman–Crippen LogP) is 4.60. The van der Waals surface area contributed by atoms with Crippen LogP contribution in [0.3, 0.4) is 0 Å². The molecule has 1 heterocycles. The standard InChI is InChI=1S/C20H21F3N2O3/c1-2-27-18(26)10-3-4-12-28-25-19(16-8-6-11-24-14-16)15-7-5-9-17(13-15)20(21,22)23/h5-9,11,13-14H,2-4,10,12H2,1H3/b25-19-. The topological polar surface area (TPSA) is 60.8 Å². The summed E-state index contributed by atoms with van der Waals surface area (Å²) in [5.41, 5.74) is 0.295. The number of oxime groups is 1. The Morgan fingerprint density at radius 1 is 1.14 bits per heavy atom. The van der Waals surface area contributed by atoms with Gasteiger partial charge in [-0.25, -0.2) is 0 Å². The van der Waals surface area contributed by atoms with Crippen LogP contribution in [0.25, 0.3) is 0 Å². The second kappa shape index (κ2) is 10.4. The lowest BCUT2D eigenvalue weighted by Crippen LogP contribution is -2.10. The van der Waals surface area contributed by atoms with Crippen LogP contribution >= 0.6 is 0 Å². The van der Waals surface area contributed by atoms with Crippen LogP contribution in [-0.2, 0) is 20.5 Å². The number of halogens is 3. The van der Waals surface area contributed by atoms with Gasteiger partial charge < -0.3 is 9.57 Å². The minimum absolute atomic E-state index is 0.224. The normalized spacial score (nSPS) is 11.9. The van der Waals surface area contributed by atoms with E-state index < -0.39 is 11.7 Å². The number of rotatable bonds is 9. The van der Waals surface area contributed by atoms with Gasteiger partial charge in [0, 0.05) is 29.9 Å². The largest absolute Gasteiger partial charge is 0.466 e. The van der Waals surface area contributed by atoms with Crippen molar-refractivity contribution < 1.29 is 27.5 Å². The summed E-state index contributed by atoms with van der Waals surface area (Å²) in [6, 6.07) is 8.24. The number of esters is 1. The van der Waals surface area contributed by atoms with Gasteiger partial charge in [-0.1, -0.05) is 17.3 Å². The van der Waals surface area contributed by atoms with Crippen molar-refractivity contribution in [2.45, 2.75) is 32.4 Å². The molecule has 0 fully saturated rings. The number of carbonyl (C=O) groups is 1. The van der Waals surface area contributed by atoms with E-state index in [1.165, 1.54) is 18.3 Å². The van der Waals surface area contributed by atoms with E-state index in [4.69, 9.17) is 9.57 Å². The molecule has 2 aromatic rings. The Labute approximate surface area is 161 Å². The Morgan fingerprint density at radius 3 is 2.61 bits per heavy atom. The number of benzene rings is 1. The van der Waals surface area contributed by atoms with Gasteiger partial charge in [-0.05, 0) is 44.0 Å². The zero-order valence-electron chi connectivity index (χ0n) is 15.4. The summed E-state index contributed by atoms with van der Waals surface area (Å²) in [7, 11) is 0. The van der Waals surface area contributed by atoms with Crippen LogP contribution in [0, 0.1) is 0 Å². The third-order valence-electron chi connectivity index (χ3n) is 3.73. The van der Waals surface area contributed by atoms with Crippen LogP contribution < -0.4 is 0 Å². The summed E-state index contributed by atoms with van der Waals surface area (Å²) in [5.74, 6) is -0.272. The molecule has 0 atom stereocenters. The molecule has 5 nitrogen and oxygen atoms in total. The van der Waals surface area contributed by atoms with Crippen LogP contribution in [0.15, 0.2) is 53.9 Å². The molecule has 0 saturated heterocycles. The first-order valence-electron chi connectivity index (χ1n) is 8.85. The highest BCUT2D eigenvalue weighted by Gasteiger charge is 2.30. The third kappa shape index (κ3) is 6.68. The fraction of sp³-hybridized carbons (Fsp3) is 0.350. The van der Waals surface area contributed by atoms with Crippen molar-refractivity contribution >= 4 is 11.7 Å². The van der Waals surface area contributed by atoms with Gasteiger partial charge in [-0.3, -0.25) is 9.78 Å². The Hall–Kier alpha value is -2.90. The van der Waals surface area contributed by atoms with Gasteiger partial charge in [0.1, 0.15) is 12.3 Å². The number of pyridine rings is 1. The number of unbranched alkanes of at least 4 members (excludes halogenated alkanes) is 1. The van der Waals surface area contributed by atoms with Crippen molar-refractivity contribution in [2.75, 3.05) is 13.2 Å². The summed E-state index contributed by atoms with van der Waals surface area (Å²) in [6.45, 7) is 2.30. The Bertz CT molecular complexity index is 793. The molecular formula is C20H21F3N2O3. The molecule has 0 aliphatic carbocycles. The molecule has 0 spiro atoms. The summed E-state index contributed by atoms with van der Waals surface area (Å²) in [5, 5.41) is 4.03. The lowest BCUT2D eigenvalue weighted by atomic mass is 10.0. The van der Waals surface area contributed by atoms with E-state index in [-0.39, 0.29) is 30.3 Å². The molecule has 0 bridgehead atoms. The number of carbonyl (C=O) groups excluding carboxylic acids is 1. The van der Waals surface area contributed by atoms with Crippen LogP contribution in [0.2, 0.25) is 0 Å². The van der Waals surface area contributed by atoms with Crippen LogP contribution in [0.4, 0.5) is 13.2 Å². The van der Waals surface area contributed by atoms with E-state index in [2.05, 4.69) is 10.1 Å². The average Bonchev–Trinajstić information content (AvgIpc) is 2.68. The maximum atomic E-state index is 13.0.